The summed E-state index contributed by atoms with van der Waals surface area (Å²) < 4.78 is 10.7. The zero-order valence-electron chi connectivity index (χ0n) is 19.8. The molecule has 4 heterocycles. The molecule has 2 aliphatic rings. The first-order chi connectivity index (χ1) is 17.1. The van der Waals surface area contributed by atoms with Crippen LogP contribution in [0.15, 0.2) is 46.3 Å². The topological polar surface area (TPSA) is 92.0 Å². The molecule has 2 aromatic heterocycles. The fourth-order valence-electron chi connectivity index (χ4n) is 4.68. The highest BCUT2D eigenvalue weighted by atomic mass is 32.1. The van der Waals surface area contributed by atoms with Gasteiger partial charge in [0.1, 0.15) is 11.8 Å². The van der Waals surface area contributed by atoms with Gasteiger partial charge in [0.2, 0.25) is 17.6 Å². The third-order valence-electron chi connectivity index (χ3n) is 6.64. The van der Waals surface area contributed by atoms with E-state index in [0.29, 0.717) is 42.8 Å². The minimum atomic E-state index is -0.368. The number of ether oxygens (including phenoxy) is 1. The standard InChI is InChI=1S/C25H29N5O4S/c1-33-19-9-7-18(8-10-19)23-26-22(34-27-23)17-28-12-14-29(15-13-28)24(31)20-5-2-3-11-30(20)25(32)21-6-4-16-35-21/h4,6-10,16,20H,2-3,5,11-15,17H2,1H3. The Balaban J connectivity index is 1.16. The molecule has 0 N–H and O–H groups in total. The lowest BCUT2D eigenvalue weighted by Crippen LogP contribution is -2.57. The molecule has 0 saturated carbocycles. The first-order valence-corrected chi connectivity index (χ1v) is 12.8. The van der Waals surface area contributed by atoms with Gasteiger partial charge in [0.05, 0.1) is 18.5 Å². The quantitative estimate of drug-likeness (QED) is 0.519. The largest absolute Gasteiger partial charge is 0.497 e. The average Bonchev–Trinajstić information content (AvgIpc) is 3.61. The van der Waals surface area contributed by atoms with Gasteiger partial charge < -0.3 is 19.1 Å². The Bertz CT molecular complexity index is 1140. The summed E-state index contributed by atoms with van der Waals surface area (Å²) in [6.07, 6.45) is 2.64. The lowest BCUT2D eigenvalue weighted by Gasteiger charge is -2.40. The number of methoxy groups -OCH3 is 1. The van der Waals surface area contributed by atoms with Crippen LogP contribution < -0.4 is 4.74 Å². The van der Waals surface area contributed by atoms with Gasteiger partial charge in [0.15, 0.2) is 0 Å². The Kier molecular flexibility index (Phi) is 7.10. The van der Waals surface area contributed by atoms with Crippen molar-refractivity contribution in [3.63, 3.8) is 0 Å². The van der Waals surface area contributed by atoms with E-state index >= 15 is 0 Å². The Morgan fingerprint density at radius 2 is 1.89 bits per heavy atom. The van der Waals surface area contributed by atoms with Gasteiger partial charge in [-0.1, -0.05) is 11.2 Å². The molecule has 2 aliphatic heterocycles. The molecule has 1 unspecified atom stereocenters. The molecule has 0 bridgehead atoms. The molecule has 2 saturated heterocycles. The third kappa shape index (κ3) is 5.23. The van der Waals surface area contributed by atoms with Crippen molar-refractivity contribution in [3.05, 3.63) is 52.5 Å². The maximum absolute atomic E-state index is 13.4. The zero-order chi connectivity index (χ0) is 24.2. The molecule has 1 atom stereocenters. The SMILES string of the molecule is COc1ccc(-c2noc(CN3CCN(C(=O)C4CCCCN4C(=O)c4cccs4)CC3)n2)cc1. The van der Waals surface area contributed by atoms with E-state index in [1.54, 1.807) is 12.0 Å². The van der Waals surface area contributed by atoms with Crippen LogP contribution in [0, 0.1) is 0 Å². The van der Waals surface area contributed by atoms with Gasteiger partial charge >= 0.3 is 0 Å². The lowest BCUT2D eigenvalue weighted by atomic mass is 10.00. The molecule has 9 nitrogen and oxygen atoms in total. The van der Waals surface area contributed by atoms with E-state index < -0.39 is 0 Å². The lowest BCUT2D eigenvalue weighted by molar-refractivity contribution is -0.139. The van der Waals surface area contributed by atoms with Crippen molar-refractivity contribution < 1.29 is 18.8 Å². The number of amides is 2. The van der Waals surface area contributed by atoms with Crippen molar-refractivity contribution in [2.75, 3.05) is 39.8 Å². The normalized spacial score (nSPS) is 19.1. The Labute approximate surface area is 208 Å². The minimum absolute atomic E-state index is 0.0271. The summed E-state index contributed by atoms with van der Waals surface area (Å²) in [7, 11) is 1.63. The summed E-state index contributed by atoms with van der Waals surface area (Å²) in [5.74, 6) is 1.91. The summed E-state index contributed by atoms with van der Waals surface area (Å²) in [6.45, 7) is 3.86. The second kappa shape index (κ2) is 10.6. The van der Waals surface area contributed by atoms with Crippen molar-refractivity contribution in [1.29, 1.82) is 0 Å². The van der Waals surface area contributed by atoms with Gasteiger partial charge in [0.25, 0.3) is 5.91 Å². The van der Waals surface area contributed by atoms with Crippen LogP contribution in [-0.4, -0.2) is 82.5 Å². The molecule has 35 heavy (non-hydrogen) atoms. The molecule has 0 spiro atoms. The van der Waals surface area contributed by atoms with Gasteiger partial charge in [-0.05, 0) is 55.0 Å². The molecule has 1 aromatic carbocycles. The van der Waals surface area contributed by atoms with Crippen LogP contribution in [0.3, 0.4) is 0 Å². The van der Waals surface area contributed by atoms with Crippen molar-refractivity contribution in [1.82, 2.24) is 24.8 Å². The Hall–Kier alpha value is -3.24. The molecule has 0 radical (unpaired) electrons. The van der Waals surface area contributed by atoms with Gasteiger partial charge in [0, 0.05) is 38.3 Å². The predicted octanol–water partition coefficient (Wildman–Crippen LogP) is 3.15. The number of thiophene rings is 1. The summed E-state index contributed by atoms with van der Waals surface area (Å²) in [4.78, 5) is 37.5. The third-order valence-corrected chi connectivity index (χ3v) is 7.50. The maximum Gasteiger partial charge on any atom is 0.264 e. The second-order valence-electron chi connectivity index (χ2n) is 8.83. The average molecular weight is 496 g/mol. The van der Waals surface area contributed by atoms with Gasteiger partial charge in [-0.3, -0.25) is 14.5 Å². The number of benzene rings is 1. The molecule has 10 heteroatoms. The number of hydrogen-bond acceptors (Lipinski definition) is 8. The predicted molar refractivity (Wildman–Crippen MR) is 131 cm³/mol. The van der Waals surface area contributed by atoms with Gasteiger partial charge in [-0.15, -0.1) is 11.3 Å². The van der Waals surface area contributed by atoms with E-state index in [-0.39, 0.29) is 17.9 Å². The number of nitrogens with zero attached hydrogens (tertiary/aromatic N) is 5. The molecule has 2 fully saturated rings. The first kappa shape index (κ1) is 23.5. The first-order valence-electron chi connectivity index (χ1n) is 11.9. The smallest absolute Gasteiger partial charge is 0.264 e. The number of rotatable bonds is 6. The minimum Gasteiger partial charge on any atom is -0.497 e. The molecule has 0 aliphatic carbocycles. The van der Waals surface area contributed by atoms with Gasteiger partial charge in [-0.25, -0.2) is 0 Å². The van der Waals surface area contributed by atoms with E-state index in [0.717, 1.165) is 43.7 Å². The zero-order valence-corrected chi connectivity index (χ0v) is 20.6. The van der Waals surface area contributed by atoms with Crippen LogP contribution in [0.1, 0.15) is 34.8 Å². The summed E-state index contributed by atoms with van der Waals surface area (Å²) in [5.41, 5.74) is 0.866. The molecule has 184 valence electrons. The van der Waals surface area contributed by atoms with Crippen LogP contribution in [-0.2, 0) is 11.3 Å². The highest BCUT2D eigenvalue weighted by Crippen LogP contribution is 2.24. The van der Waals surface area contributed by atoms with Gasteiger partial charge in [-0.2, -0.15) is 4.98 Å². The van der Waals surface area contributed by atoms with Crippen LogP contribution in [0.4, 0.5) is 0 Å². The van der Waals surface area contributed by atoms with Crippen molar-refractivity contribution in [3.8, 4) is 17.1 Å². The van der Waals surface area contributed by atoms with Crippen molar-refractivity contribution in [2.45, 2.75) is 31.8 Å². The van der Waals surface area contributed by atoms with E-state index in [1.165, 1.54) is 11.3 Å². The fraction of sp³-hybridized carbons (Fsp3) is 0.440. The van der Waals surface area contributed by atoms with Crippen molar-refractivity contribution >= 4 is 23.2 Å². The Morgan fingerprint density at radius 3 is 2.60 bits per heavy atom. The number of piperidine rings is 1. The monoisotopic (exact) mass is 495 g/mol. The van der Waals surface area contributed by atoms with E-state index in [2.05, 4.69) is 15.0 Å². The number of carbonyl (C=O) groups excluding carboxylic acids is 2. The van der Waals surface area contributed by atoms with E-state index in [4.69, 9.17) is 9.26 Å². The molecule has 5 rings (SSSR count). The number of piperazine rings is 1. The van der Waals surface area contributed by atoms with Crippen LogP contribution in [0.5, 0.6) is 5.75 Å². The van der Waals surface area contributed by atoms with Crippen LogP contribution in [0.2, 0.25) is 0 Å². The Morgan fingerprint density at radius 1 is 1.09 bits per heavy atom. The molecular formula is C25H29N5O4S. The van der Waals surface area contributed by atoms with E-state index in [9.17, 15) is 9.59 Å². The number of carbonyl (C=O) groups is 2. The maximum atomic E-state index is 13.4. The highest BCUT2D eigenvalue weighted by Gasteiger charge is 2.36. The molecule has 3 aromatic rings. The summed E-state index contributed by atoms with van der Waals surface area (Å²) in [5, 5.41) is 6.00. The van der Waals surface area contributed by atoms with Crippen LogP contribution >= 0.6 is 11.3 Å². The highest BCUT2D eigenvalue weighted by molar-refractivity contribution is 7.12. The fourth-order valence-corrected chi connectivity index (χ4v) is 5.36. The van der Waals surface area contributed by atoms with E-state index in [1.807, 2.05) is 46.7 Å². The van der Waals surface area contributed by atoms with Crippen molar-refractivity contribution in [2.24, 2.45) is 0 Å². The summed E-state index contributed by atoms with van der Waals surface area (Å²) >= 11 is 1.43. The molecular weight excluding hydrogens is 466 g/mol. The second-order valence-corrected chi connectivity index (χ2v) is 9.78. The number of hydrogen-bond donors (Lipinski definition) is 0. The molecule has 2 amide bonds. The number of likely N-dealkylation sites (tertiary alicyclic amines) is 1. The summed E-state index contributed by atoms with van der Waals surface area (Å²) in [6, 6.07) is 10.9. The van der Waals surface area contributed by atoms with Crippen LogP contribution in [0.25, 0.3) is 11.4 Å². The number of aromatic nitrogens is 2.